The van der Waals surface area contributed by atoms with E-state index in [2.05, 4.69) is 24.0 Å². The second-order valence-corrected chi connectivity index (χ2v) is 7.52. The quantitative estimate of drug-likeness (QED) is 0.554. The molecule has 0 saturated heterocycles. The standard InChI is InChI=1S/C25H20FNO3/c1-16(18-7-3-2-4-8-18)27-14-21-22(29-15-27)11-10-20-24(28)23(30-25(20)21)13-17-6-5-9-19(26)12-17/h2-13,16H,14-15H2,1H3/b23-13-. The van der Waals surface area contributed by atoms with Gasteiger partial charge < -0.3 is 9.47 Å². The average Bonchev–Trinajstić information content (AvgIpc) is 3.09. The summed E-state index contributed by atoms with van der Waals surface area (Å²) in [6.45, 7) is 3.20. The first-order valence-electron chi connectivity index (χ1n) is 9.87. The number of nitrogens with zero attached hydrogens (tertiary/aromatic N) is 1. The summed E-state index contributed by atoms with van der Waals surface area (Å²) in [5, 5.41) is 0. The molecule has 0 fully saturated rings. The van der Waals surface area contributed by atoms with Gasteiger partial charge in [0, 0.05) is 12.6 Å². The number of ketones is 1. The molecule has 5 rings (SSSR count). The van der Waals surface area contributed by atoms with Crippen LogP contribution in [-0.4, -0.2) is 17.4 Å². The highest BCUT2D eigenvalue weighted by Crippen LogP contribution is 2.43. The van der Waals surface area contributed by atoms with E-state index in [1.807, 2.05) is 24.3 Å². The molecule has 3 aromatic carbocycles. The Hall–Kier alpha value is -3.44. The lowest BCUT2D eigenvalue weighted by Crippen LogP contribution is -2.34. The van der Waals surface area contributed by atoms with Gasteiger partial charge in [0.1, 0.15) is 24.0 Å². The minimum Gasteiger partial charge on any atom is -0.478 e. The highest BCUT2D eigenvalue weighted by Gasteiger charge is 2.34. The van der Waals surface area contributed by atoms with E-state index in [0.29, 0.717) is 30.2 Å². The van der Waals surface area contributed by atoms with Gasteiger partial charge in [0.2, 0.25) is 5.78 Å². The fourth-order valence-electron chi connectivity index (χ4n) is 3.91. The maximum Gasteiger partial charge on any atom is 0.231 e. The Balaban J connectivity index is 1.46. The lowest BCUT2D eigenvalue weighted by molar-refractivity contribution is 0.0606. The molecule has 0 aromatic heterocycles. The van der Waals surface area contributed by atoms with Crippen LogP contribution < -0.4 is 9.47 Å². The van der Waals surface area contributed by atoms with Crippen molar-refractivity contribution in [2.75, 3.05) is 6.73 Å². The van der Waals surface area contributed by atoms with Crippen LogP contribution in [0.25, 0.3) is 6.08 Å². The minimum atomic E-state index is -0.358. The fraction of sp³-hybridized carbons (Fsp3) is 0.160. The van der Waals surface area contributed by atoms with Gasteiger partial charge in [-0.25, -0.2) is 4.39 Å². The number of fused-ring (bicyclic) bond motifs is 3. The largest absolute Gasteiger partial charge is 0.478 e. The van der Waals surface area contributed by atoms with E-state index in [1.54, 1.807) is 24.3 Å². The fourth-order valence-corrected chi connectivity index (χ4v) is 3.91. The molecule has 2 aliphatic rings. The maximum atomic E-state index is 13.5. The molecule has 0 spiro atoms. The van der Waals surface area contributed by atoms with Crippen LogP contribution in [0.5, 0.6) is 11.5 Å². The molecule has 0 amide bonds. The van der Waals surface area contributed by atoms with Gasteiger partial charge in [0.05, 0.1) is 11.1 Å². The molecule has 0 saturated carbocycles. The summed E-state index contributed by atoms with van der Waals surface area (Å²) in [6, 6.07) is 20.0. The Labute approximate surface area is 174 Å². The van der Waals surface area contributed by atoms with E-state index in [4.69, 9.17) is 9.47 Å². The number of allylic oxidation sites excluding steroid dienone is 1. The van der Waals surface area contributed by atoms with Crippen LogP contribution in [0.1, 0.15) is 40.0 Å². The molecule has 0 aliphatic carbocycles. The Morgan fingerprint density at radius 2 is 1.90 bits per heavy atom. The van der Waals surface area contributed by atoms with Crippen molar-refractivity contribution in [2.45, 2.75) is 19.5 Å². The van der Waals surface area contributed by atoms with Crippen molar-refractivity contribution in [3.8, 4) is 11.5 Å². The summed E-state index contributed by atoms with van der Waals surface area (Å²) in [5.41, 5.74) is 3.14. The molecular weight excluding hydrogens is 381 g/mol. The number of carbonyl (C=O) groups is 1. The summed E-state index contributed by atoms with van der Waals surface area (Å²) in [5.74, 6) is 0.890. The molecule has 2 aliphatic heterocycles. The first-order valence-corrected chi connectivity index (χ1v) is 9.87. The summed E-state index contributed by atoms with van der Waals surface area (Å²) in [7, 11) is 0. The molecule has 0 N–H and O–H groups in total. The van der Waals surface area contributed by atoms with Gasteiger partial charge in [-0.15, -0.1) is 0 Å². The van der Waals surface area contributed by atoms with Crippen molar-refractivity contribution in [3.63, 3.8) is 0 Å². The maximum absolute atomic E-state index is 13.5. The average molecular weight is 401 g/mol. The number of hydrogen-bond donors (Lipinski definition) is 0. The molecule has 3 aromatic rings. The van der Waals surface area contributed by atoms with Crippen molar-refractivity contribution < 1.29 is 18.7 Å². The predicted molar refractivity (Wildman–Crippen MR) is 112 cm³/mol. The smallest absolute Gasteiger partial charge is 0.231 e. The van der Waals surface area contributed by atoms with Gasteiger partial charge in [-0.3, -0.25) is 9.69 Å². The highest BCUT2D eigenvalue weighted by atomic mass is 19.1. The zero-order valence-electron chi connectivity index (χ0n) is 16.5. The Morgan fingerprint density at radius 1 is 1.07 bits per heavy atom. The van der Waals surface area contributed by atoms with E-state index in [0.717, 1.165) is 11.3 Å². The first-order chi connectivity index (χ1) is 14.6. The molecule has 1 atom stereocenters. The van der Waals surface area contributed by atoms with E-state index in [1.165, 1.54) is 17.7 Å². The molecule has 0 bridgehead atoms. The number of hydrogen-bond acceptors (Lipinski definition) is 4. The molecule has 2 heterocycles. The van der Waals surface area contributed by atoms with E-state index in [9.17, 15) is 9.18 Å². The number of carbonyl (C=O) groups excluding carboxylic acids is 1. The van der Waals surface area contributed by atoms with E-state index in [-0.39, 0.29) is 23.4 Å². The van der Waals surface area contributed by atoms with Crippen molar-refractivity contribution in [1.29, 1.82) is 0 Å². The lowest BCUT2D eigenvalue weighted by atomic mass is 10.0. The normalized spacial score (nSPS) is 17.8. The second kappa shape index (κ2) is 7.43. The van der Waals surface area contributed by atoms with Crippen LogP contribution in [-0.2, 0) is 6.54 Å². The zero-order valence-corrected chi connectivity index (χ0v) is 16.5. The molecule has 0 radical (unpaired) electrons. The molecule has 1 unspecified atom stereocenters. The van der Waals surface area contributed by atoms with Gasteiger partial charge >= 0.3 is 0 Å². The third-order valence-electron chi connectivity index (χ3n) is 5.62. The second-order valence-electron chi connectivity index (χ2n) is 7.52. The Kier molecular flexibility index (Phi) is 4.60. The topological polar surface area (TPSA) is 38.8 Å². The third-order valence-corrected chi connectivity index (χ3v) is 5.62. The number of Topliss-reactive ketones (excluding diaryl/α,β-unsaturated/α-hetero) is 1. The van der Waals surface area contributed by atoms with Gasteiger partial charge in [-0.05, 0) is 48.4 Å². The van der Waals surface area contributed by atoms with Crippen LogP contribution in [0.3, 0.4) is 0 Å². The molecular formula is C25H20FNO3. The van der Waals surface area contributed by atoms with Crippen molar-refractivity contribution >= 4 is 11.9 Å². The third kappa shape index (κ3) is 3.27. The van der Waals surface area contributed by atoms with Gasteiger partial charge in [0.25, 0.3) is 0 Å². The molecule has 5 heteroatoms. The van der Waals surface area contributed by atoms with Crippen LogP contribution in [0.2, 0.25) is 0 Å². The monoisotopic (exact) mass is 401 g/mol. The number of benzene rings is 3. The van der Waals surface area contributed by atoms with Gasteiger partial charge in [-0.2, -0.15) is 0 Å². The SMILES string of the molecule is CC(c1ccccc1)N1COc2ccc3c(c2C1)O/C(=C\c1cccc(F)c1)C3=O. The highest BCUT2D eigenvalue weighted by molar-refractivity contribution is 6.15. The minimum absolute atomic E-state index is 0.148. The zero-order chi connectivity index (χ0) is 20.7. The summed E-state index contributed by atoms with van der Waals surface area (Å²) < 4.78 is 25.5. The van der Waals surface area contributed by atoms with Gasteiger partial charge in [-0.1, -0.05) is 42.5 Å². The summed E-state index contributed by atoms with van der Waals surface area (Å²) in [4.78, 5) is 15.1. The van der Waals surface area contributed by atoms with Gasteiger partial charge in [0.15, 0.2) is 5.76 Å². The number of ether oxygens (including phenoxy) is 2. The summed E-state index contributed by atoms with van der Waals surface area (Å²) >= 11 is 0. The van der Waals surface area contributed by atoms with E-state index >= 15 is 0 Å². The lowest BCUT2D eigenvalue weighted by Gasteiger charge is -2.34. The Bertz CT molecular complexity index is 1160. The van der Waals surface area contributed by atoms with Crippen LogP contribution in [0, 0.1) is 5.82 Å². The van der Waals surface area contributed by atoms with Crippen molar-refractivity contribution in [2.24, 2.45) is 0 Å². The summed E-state index contributed by atoms with van der Waals surface area (Å²) in [6.07, 6.45) is 1.58. The van der Waals surface area contributed by atoms with Crippen molar-refractivity contribution in [1.82, 2.24) is 4.90 Å². The van der Waals surface area contributed by atoms with Crippen LogP contribution >= 0.6 is 0 Å². The molecule has 30 heavy (non-hydrogen) atoms. The number of rotatable bonds is 3. The van der Waals surface area contributed by atoms with Crippen LogP contribution in [0.15, 0.2) is 72.5 Å². The predicted octanol–water partition coefficient (Wildman–Crippen LogP) is 5.36. The van der Waals surface area contributed by atoms with E-state index < -0.39 is 0 Å². The molecule has 4 nitrogen and oxygen atoms in total. The van der Waals surface area contributed by atoms with Crippen LogP contribution in [0.4, 0.5) is 4.39 Å². The molecule has 150 valence electrons. The Morgan fingerprint density at radius 3 is 2.70 bits per heavy atom. The first kappa shape index (κ1) is 18.6. The van der Waals surface area contributed by atoms with Crippen molar-refractivity contribution in [3.05, 3.63) is 101 Å². The number of halogens is 1.